The summed E-state index contributed by atoms with van der Waals surface area (Å²) < 4.78 is 0. The van der Waals surface area contributed by atoms with E-state index in [-0.39, 0.29) is 0 Å². The molecule has 0 aliphatic carbocycles. The average molecular weight is 270 g/mol. The lowest BCUT2D eigenvalue weighted by molar-refractivity contribution is 0.327. The van der Waals surface area contributed by atoms with E-state index in [9.17, 15) is 0 Å². The van der Waals surface area contributed by atoms with Gasteiger partial charge in [0.15, 0.2) is 0 Å². The number of rotatable bonds is 14. The molecule has 1 heteroatoms. The van der Waals surface area contributed by atoms with Gasteiger partial charge in [0.1, 0.15) is 0 Å². The van der Waals surface area contributed by atoms with Crippen molar-refractivity contribution in [3.8, 4) is 0 Å². The Kier molecular flexibility index (Phi) is 14.3. The summed E-state index contributed by atoms with van der Waals surface area (Å²) in [7, 11) is 0. The van der Waals surface area contributed by atoms with Crippen molar-refractivity contribution in [2.24, 2.45) is 11.8 Å². The highest BCUT2D eigenvalue weighted by atomic mass is 14.8. The first-order valence-corrected chi connectivity index (χ1v) is 8.99. The smallest absolute Gasteiger partial charge is 0.00463 e. The van der Waals surface area contributed by atoms with Gasteiger partial charge in [0.05, 0.1) is 0 Å². The minimum absolute atomic E-state index is 0.963. The van der Waals surface area contributed by atoms with E-state index in [1.54, 1.807) is 0 Å². The molecule has 0 aliphatic heterocycles. The molecule has 116 valence electrons. The van der Waals surface area contributed by atoms with Gasteiger partial charge in [-0.1, -0.05) is 79.1 Å². The van der Waals surface area contributed by atoms with Crippen molar-refractivity contribution in [3.63, 3.8) is 0 Å². The van der Waals surface area contributed by atoms with Crippen LogP contribution in [0.1, 0.15) is 91.9 Å². The van der Waals surface area contributed by atoms with Gasteiger partial charge in [-0.05, 0) is 37.8 Å². The van der Waals surface area contributed by atoms with Crippen LogP contribution in [0.2, 0.25) is 0 Å². The largest absolute Gasteiger partial charge is 0.317 e. The first kappa shape index (κ1) is 19.0. The molecule has 0 spiro atoms. The van der Waals surface area contributed by atoms with E-state index in [0.29, 0.717) is 0 Å². The van der Waals surface area contributed by atoms with Crippen molar-refractivity contribution in [2.45, 2.75) is 91.9 Å². The third-order valence-electron chi connectivity index (χ3n) is 4.23. The van der Waals surface area contributed by atoms with Crippen LogP contribution in [0.15, 0.2) is 0 Å². The Balaban J connectivity index is 3.88. The maximum absolute atomic E-state index is 3.56. The minimum Gasteiger partial charge on any atom is -0.317 e. The van der Waals surface area contributed by atoms with E-state index in [1.165, 1.54) is 77.3 Å². The van der Waals surface area contributed by atoms with Crippen LogP contribution in [0.25, 0.3) is 0 Å². The third kappa shape index (κ3) is 11.5. The molecule has 0 radical (unpaired) electrons. The van der Waals surface area contributed by atoms with Gasteiger partial charge in [0.25, 0.3) is 0 Å². The Hall–Kier alpha value is -0.0400. The van der Waals surface area contributed by atoms with Crippen LogP contribution in [0, 0.1) is 11.8 Å². The summed E-state index contributed by atoms with van der Waals surface area (Å²) in [6.45, 7) is 11.7. The maximum atomic E-state index is 3.56. The molecule has 0 aromatic heterocycles. The molecule has 0 fully saturated rings. The number of hydrogen-bond donors (Lipinski definition) is 1. The second-order valence-corrected chi connectivity index (χ2v) is 6.21. The summed E-state index contributed by atoms with van der Waals surface area (Å²) >= 11 is 0. The van der Waals surface area contributed by atoms with E-state index in [2.05, 4.69) is 33.0 Å². The molecule has 0 saturated carbocycles. The van der Waals surface area contributed by atoms with Gasteiger partial charge < -0.3 is 5.32 Å². The van der Waals surface area contributed by atoms with Crippen LogP contribution in [-0.2, 0) is 0 Å². The Morgan fingerprint density at radius 2 is 1.00 bits per heavy atom. The molecule has 1 N–H and O–H groups in total. The lowest BCUT2D eigenvalue weighted by Gasteiger charge is -2.21. The Labute approximate surface area is 122 Å². The fourth-order valence-corrected chi connectivity index (χ4v) is 3.17. The molecule has 0 aromatic rings. The predicted molar refractivity (Wildman–Crippen MR) is 88.7 cm³/mol. The number of hydrogen-bond acceptors (Lipinski definition) is 1. The van der Waals surface area contributed by atoms with Crippen molar-refractivity contribution >= 4 is 0 Å². The van der Waals surface area contributed by atoms with E-state index in [1.807, 2.05) is 0 Å². The van der Waals surface area contributed by atoms with Gasteiger partial charge in [-0.25, -0.2) is 0 Å². The van der Waals surface area contributed by atoms with Gasteiger partial charge in [-0.2, -0.15) is 0 Å². The van der Waals surface area contributed by atoms with E-state index >= 15 is 0 Å². The van der Waals surface area contributed by atoms with Crippen molar-refractivity contribution < 1.29 is 0 Å². The molecule has 0 bridgehead atoms. The van der Waals surface area contributed by atoms with Gasteiger partial charge in [-0.15, -0.1) is 0 Å². The SMILES string of the molecule is CCCNCCC(CCC)CCC(CCC)CCC. The van der Waals surface area contributed by atoms with Crippen LogP contribution in [0.4, 0.5) is 0 Å². The van der Waals surface area contributed by atoms with E-state index in [4.69, 9.17) is 0 Å². The molecule has 0 heterocycles. The summed E-state index contributed by atoms with van der Waals surface area (Å²) in [6, 6.07) is 0. The highest BCUT2D eigenvalue weighted by Gasteiger charge is 2.12. The summed E-state index contributed by atoms with van der Waals surface area (Å²) in [5.41, 5.74) is 0. The lowest BCUT2D eigenvalue weighted by Crippen LogP contribution is -2.19. The quantitative estimate of drug-likeness (QED) is 0.394. The van der Waals surface area contributed by atoms with Gasteiger partial charge in [0, 0.05) is 0 Å². The first-order valence-electron chi connectivity index (χ1n) is 8.99. The minimum atomic E-state index is 0.963. The monoisotopic (exact) mass is 269 g/mol. The summed E-state index contributed by atoms with van der Waals surface area (Å²) in [6.07, 6.45) is 14.0. The van der Waals surface area contributed by atoms with Gasteiger partial charge >= 0.3 is 0 Å². The van der Waals surface area contributed by atoms with E-state index in [0.717, 1.165) is 11.8 Å². The van der Waals surface area contributed by atoms with Crippen LogP contribution >= 0.6 is 0 Å². The van der Waals surface area contributed by atoms with Crippen molar-refractivity contribution in [1.82, 2.24) is 5.32 Å². The van der Waals surface area contributed by atoms with Gasteiger partial charge in [0.2, 0.25) is 0 Å². The zero-order valence-corrected chi connectivity index (χ0v) is 14.1. The highest BCUT2D eigenvalue weighted by molar-refractivity contribution is 4.66. The second kappa shape index (κ2) is 14.4. The van der Waals surface area contributed by atoms with Crippen molar-refractivity contribution in [2.75, 3.05) is 13.1 Å². The summed E-state index contributed by atoms with van der Waals surface area (Å²) in [5, 5.41) is 3.56. The summed E-state index contributed by atoms with van der Waals surface area (Å²) in [4.78, 5) is 0. The van der Waals surface area contributed by atoms with Crippen LogP contribution in [0.5, 0.6) is 0 Å². The Bertz CT molecular complexity index is 161. The molecule has 1 atom stereocenters. The zero-order valence-electron chi connectivity index (χ0n) is 14.1. The second-order valence-electron chi connectivity index (χ2n) is 6.21. The molecular weight excluding hydrogens is 230 g/mol. The fraction of sp³-hybridized carbons (Fsp3) is 1.00. The van der Waals surface area contributed by atoms with Crippen LogP contribution in [0.3, 0.4) is 0 Å². The predicted octanol–water partition coefficient (Wildman–Crippen LogP) is 5.79. The molecule has 1 nitrogen and oxygen atoms in total. The van der Waals surface area contributed by atoms with Crippen molar-refractivity contribution in [3.05, 3.63) is 0 Å². The van der Waals surface area contributed by atoms with Crippen molar-refractivity contribution in [1.29, 1.82) is 0 Å². The molecule has 19 heavy (non-hydrogen) atoms. The van der Waals surface area contributed by atoms with Gasteiger partial charge in [-0.3, -0.25) is 0 Å². The summed E-state index contributed by atoms with van der Waals surface area (Å²) in [5.74, 6) is 1.96. The Morgan fingerprint density at radius 1 is 0.526 bits per heavy atom. The molecule has 0 saturated heterocycles. The van der Waals surface area contributed by atoms with Crippen LogP contribution in [-0.4, -0.2) is 13.1 Å². The molecule has 0 amide bonds. The molecule has 0 aliphatic rings. The van der Waals surface area contributed by atoms with Crippen LogP contribution < -0.4 is 5.32 Å². The average Bonchev–Trinajstić information content (AvgIpc) is 2.41. The van der Waals surface area contributed by atoms with E-state index < -0.39 is 0 Å². The zero-order chi connectivity index (χ0) is 14.3. The molecule has 0 rings (SSSR count). The lowest BCUT2D eigenvalue weighted by atomic mass is 9.86. The standard InChI is InChI=1S/C18H39N/c1-5-9-17(10-6-2)12-13-18(11-7-3)14-16-19-15-8-4/h17-19H,5-16H2,1-4H3. The highest BCUT2D eigenvalue weighted by Crippen LogP contribution is 2.25. The third-order valence-corrected chi connectivity index (χ3v) is 4.23. The normalized spacial score (nSPS) is 13.1. The molecule has 0 aromatic carbocycles. The number of nitrogens with one attached hydrogen (secondary N) is 1. The Morgan fingerprint density at radius 3 is 1.42 bits per heavy atom. The maximum Gasteiger partial charge on any atom is -0.00463 e. The first-order chi connectivity index (χ1) is 9.28. The topological polar surface area (TPSA) is 12.0 Å². The molecular formula is C18H39N. The molecule has 1 unspecified atom stereocenters. The fourth-order valence-electron chi connectivity index (χ4n) is 3.17.